The molecule has 120 valence electrons. The second kappa shape index (κ2) is 5.96. The van der Waals surface area contributed by atoms with Crippen molar-refractivity contribution in [2.75, 3.05) is 0 Å². The van der Waals surface area contributed by atoms with E-state index in [2.05, 4.69) is 26.0 Å². The van der Waals surface area contributed by atoms with Crippen LogP contribution in [-0.4, -0.2) is 19.9 Å². The van der Waals surface area contributed by atoms with Crippen molar-refractivity contribution in [3.05, 3.63) is 63.2 Å². The molecule has 0 aliphatic heterocycles. The highest BCUT2D eigenvalue weighted by Crippen LogP contribution is 2.23. The van der Waals surface area contributed by atoms with Crippen molar-refractivity contribution in [3.63, 3.8) is 0 Å². The zero-order valence-corrected chi connectivity index (χ0v) is 14.3. The van der Waals surface area contributed by atoms with Crippen LogP contribution in [0.15, 0.2) is 46.3 Å². The van der Waals surface area contributed by atoms with Gasteiger partial charge in [-0.25, -0.2) is 9.97 Å². The lowest BCUT2D eigenvalue weighted by Gasteiger charge is -2.02. The number of benzene rings is 2. The summed E-state index contributed by atoms with van der Waals surface area (Å²) in [5, 5.41) is 1.82. The molecule has 4 aromatic rings. The van der Waals surface area contributed by atoms with E-state index in [-0.39, 0.29) is 5.56 Å². The first kappa shape index (κ1) is 15.2. The first-order chi connectivity index (χ1) is 11.6. The minimum atomic E-state index is -0.182. The van der Waals surface area contributed by atoms with E-state index in [1.54, 1.807) is 18.2 Å². The molecule has 0 radical (unpaired) electrons. The smallest absolute Gasteiger partial charge is 0.258 e. The van der Waals surface area contributed by atoms with Gasteiger partial charge in [-0.1, -0.05) is 29.4 Å². The Morgan fingerprint density at radius 2 is 1.92 bits per heavy atom. The molecule has 0 aliphatic rings. The number of hydrogen-bond donors (Lipinski definition) is 2. The standard InChI is InChI=1S/C17H13ClN4OS/c1-9-2-4-13-14(6-9)21-17(20-13)24-8-15-19-12-5-3-10(18)7-11(12)16(23)22-15/h2-7H,8H2,1H3,(H,20,21)(H,19,22,23). The van der Waals surface area contributed by atoms with E-state index < -0.39 is 0 Å². The highest BCUT2D eigenvalue weighted by atomic mass is 35.5. The topological polar surface area (TPSA) is 74.4 Å². The van der Waals surface area contributed by atoms with Gasteiger partial charge in [0.1, 0.15) is 5.82 Å². The Hall–Kier alpha value is -2.31. The maximum Gasteiger partial charge on any atom is 0.258 e. The van der Waals surface area contributed by atoms with Gasteiger partial charge in [0.15, 0.2) is 5.16 Å². The van der Waals surface area contributed by atoms with Gasteiger partial charge in [0.05, 0.1) is 27.7 Å². The number of aryl methyl sites for hydroxylation is 1. The second-order valence-electron chi connectivity index (χ2n) is 5.53. The second-order valence-corrected chi connectivity index (χ2v) is 6.93. The summed E-state index contributed by atoms with van der Waals surface area (Å²) in [6.45, 7) is 2.04. The van der Waals surface area contributed by atoms with Crippen molar-refractivity contribution in [2.24, 2.45) is 0 Å². The number of nitrogens with zero attached hydrogens (tertiary/aromatic N) is 2. The highest BCUT2D eigenvalue weighted by Gasteiger charge is 2.08. The Morgan fingerprint density at radius 3 is 2.79 bits per heavy atom. The predicted molar refractivity (Wildman–Crippen MR) is 97.8 cm³/mol. The third kappa shape index (κ3) is 2.90. The van der Waals surface area contributed by atoms with Crippen molar-refractivity contribution in [3.8, 4) is 0 Å². The molecule has 0 amide bonds. The summed E-state index contributed by atoms with van der Waals surface area (Å²) >= 11 is 7.42. The van der Waals surface area contributed by atoms with E-state index in [1.165, 1.54) is 17.3 Å². The monoisotopic (exact) mass is 356 g/mol. The lowest BCUT2D eigenvalue weighted by molar-refractivity contribution is 1.02. The number of aromatic amines is 2. The van der Waals surface area contributed by atoms with Crippen molar-refractivity contribution < 1.29 is 0 Å². The number of hydrogen-bond acceptors (Lipinski definition) is 4. The molecule has 0 unspecified atom stereocenters. The normalized spacial score (nSPS) is 11.4. The summed E-state index contributed by atoms with van der Waals surface area (Å²) in [6, 6.07) is 11.2. The van der Waals surface area contributed by atoms with E-state index in [1.807, 2.05) is 19.1 Å². The highest BCUT2D eigenvalue weighted by molar-refractivity contribution is 7.98. The third-order valence-electron chi connectivity index (χ3n) is 3.68. The zero-order chi connectivity index (χ0) is 16.7. The van der Waals surface area contributed by atoms with Crippen LogP contribution < -0.4 is 5.56 Å². The summed E-state index contributed by atoms with van der Waals surface area (Å²) in [5.74, 6) is 1.13. The lowest BCUT2D eigenvalue weighted by Crippen LogP contribution is -2.11. The number of nitrogens with one attached hydrogen (secondary N) is 2. The molecule has 0 aliphatic carbocycles. The van der Waals surface area contributed by atoms with E-state index >= 15 is 0 Å². The molecule has 2 aromatic heterocycles. The van der Waals surface area contributed by atoms with Gasteiger partial charge in [-0.3, -0.25) is 4.79 Å². The fraction of sp³-hybridized carbons (Fsp3) is 0.118. The molecule has 0 spiro atoms. The number of rotatable bonds is 3. The largest absolute Gasteiger partial charge is 0.333 e. The lowest BCUT2D eigenvalue weighted by atomic mass is 10.2. The average Bonchev–Trinajstić information content (AvgIpc) is 2.95. The summed E-state index contributed by atoms with van der Waals surface area (Å²) in [4.78, 5) is 27.3. The molecule has 0 fully saturated rings. The van der Waals surface area contributed by atoms with Crippen LogP contribution in [0.3, 0.4) is 0 Å². The van der Waals surface area contributed by atoms with Crippen molar-refractivity contribution in [1.29, 1.82) is 0 Å². The van der Waals surface area contributed by atoms with Gasteiger partial charge in [0.2, 0.25) is 0 Å². The summed E-state index contributed by atoms with van der Waals surface area (Å²) in [7, 11) is 0. The molecule has 0 bridgehead atoms. The quantitative estimate of drug-likeness (QED) is 0.543. The zero-order valence-electron chi connectivity index (χ0n) is 12.8. The van der Waals surface area contributed by atoms with Gasteiger partial charge in [0.25, 0.3) is 5.56 Å². The Kier molecular flexibility index (Phi) is 3.78. The third-order valence-corrected chi connectivity index (χ3v) is 4.80. The number of fused-ring (bicyclic) bond motifs is 2. The Balaban J connectivity index is 1.61. The number of H-pyrrole nitrogens is 2. The van der Waals surface area contributed by atoms with Crippen LogP contribution in [0.4, 0.5) is 0 Å². The van der Waals surface area contributed by atoms with Gasteiger partial charge in [-0.2, -0.15) is 0 Å². The Morgan fingerprint density at radius 1 is 1.08 bits per heavy atom. The molecular weight excluding hydrogens is 344 g/mol. The van der Waals surface area contributed by atoms with E-state index in [0.29, 0.717) is 27.5 Å². The van der Waals surface area contributed by atoms with Crippen LogP contribution in [0.1, 0.15) is 11.4 Å². The molecule has 0 atom stereocenters. The molecule has 2 N–H and O–H groups in total. The molecule has 0 saturated heterocycles. The minimum absolute atomic E-state index is 0.182. The number of aromatic nitrogens is 4. The van der Waals surface area contributed by atoms with E-state index in [9.17, 15) is 4.79 Å². The van der Waals surface area contributed by atoms with Gasteiger partial charge >= 0.3 is 0 Å². The van der Waals surface area contributed by atoms with Gasteiger partial charge in [-0.15, -0.1) is 0 Å². The maximum absolute atomic E-state index is 12.2. The fourth-order valence-corrected chi connectivity index (χ4v) is 3.46. The van der Waals surface area contributed by atoms with E-state index in [4.69, 9.17) is 11.6 Å². The number of halogens is 1. The van der Waals surface area contributed by atoms with Crippen LogP contribution in [0.25, 0.3) is 21.9 Å². The molecule has 2 aromatic carbocycles. The Bertz CT molecular complexity index is 1120. The van der Waals surface area contributed by atoms with Crippen molar-refractivity contribution in [2.45, 2.75) is 17.8 Å². The Labute approximate surface area is 146 Å². The van der Waals surface area contributed by atoms with Crippen LogP contribution in [0.2, 0.25) is 5.02 Å². The van der Waals surface area contributed by atoms with Gasteiger partial charge < -0.3 is 9.97 Å². The van der Waals surface area contributed by atoms with Crippen molar-refractivity contribution in [1.82, 2.24) is 19.9 Å². The predicted octanol–water partition coefficient (Wildman–Crippen LogP) is 4.05. The van der Waals surface area contributed by atoms with Crippen LogP contribution in [-0.2, 0) is 5.75 Å². The van der Waals surface area contributed by atoms with Crippen LogP contribution in [0, 0.1) is 6.92 Å². The van der Waals surface area contributed by atoms with Crippen LogP contribution >= 0.6 is 23.4 Å². The molecule has 4 rings (SSSR count). The summed E-state index contributed by atoms with van der Waals surface area (Å²) in [5.41, 5.74) is 3.57. The number of imidazole rings is 1. The average molecular weight is 357 g/mol. The van der Waals surface area contributed by atoms with Crippen LogP contribution in [0.5, 0.6) is 0 Å². The number of thioether (sulfide) groups is 1. The molecular formula is C17H13ClN4OS. The molecule has 0 saturated carbocycles. The van der Waals surface area contributed by atoms with Gasteiger partial charge in [-0.05, 0) is 42.8 Å². The SMILES string of the molecule is Cc1ccc2nc(SCc3nc4ccc(Cl)cc4c(=O)[nH]3)[nH]c2c1. The molecule has 7 heteroatoms. The van der Waals surface area contributed by atoms with E-state index in [0.717, 1.165) is 16.2 Å². The minimum Gasteiger partial charge on any atom is -0.333 e. The van der Waals surface area contributed by atoms with Gasteiger partial charge in [0, 0.05) is 5.02 Å². The molecule has 5 nitrogen and oxygen atoms in total. The fourth-order valence-electron chi connectivity index (χ4n) is 2.53. The first-order valence-electron chi connectivity index (χ1n) is 7.36. The molecule has 2 heterocycles. The maximum atomic E-state index is 12.2. The van der Waals surface area contributed by atoms with Crippen molar-refractivity contribution >= 4 is 45.3 Å². The summed E-state index contributed by atoms with van der Waals surface area (Å²) in [6.07, 6.45) is 0. The summed E-state index contributed by atoms with van der Waals surface area (Å²) < 4.78 is 0. The molecule has 24 heavy (non-hydrogen) atoms. The first-order valence-corrected chi connectivity index (χ1v) is 8.72.